The smallest absolute Gasteiger partial charge is 0.0429 e. The third-order valence-electron chi connectivity index (χ3n) is 4.07. The number of anilines is 1. The third kappa shape index (κ3) is 3.03. The van der Waals surface area contributed by atoms with Crippen LogP contribution in [0.1, 0.15) is 19.8 Å². The van der Waals surface area contributed by atoms with Crippen molar-refractivity contribution in [2.24, 2.45) is 5.73 Å². The Morgan fingerprint density at radius 1 is 1.28 bits per heavy atom. The molecule has 0 radical (unpaired) electrons. The highest BCUT2D eigenvalue weighted by Crippen LogP contribution is 2.23. The topological polar surface area (TPSA) is 32.5 Å². The number of benzene rings is 1. The maximum Gasteiger partial charge on any atom is 0.0429 e. The molecule has 1 fully saturated rings. The minimum absolute atomic E-state index is 0.535. The highest BCUT2D eigenvalue weighted by Gasteiger charge is 2.26. The molecule has 0 amide bonds. The summed E-state index contributed by atoms with van der Waals surface area (Å²) in [5.41, 5.74) is 7.12. The maximum absolute atomic E-state index is 5.79. The van der Waals surface area contributed by atoms with E-state index in [-0.39, 0.29) is 0 Å². The Morgan fingerprint density at radius 2 is 2.00 bits per heavy atom. The van der Waals surface area contributed by atoms with E-state index in [2.05, 4.69) is 54.1 Å². The zero-order valence-corrected chi connectivity index (χ0v) is 11.5. The summed E-state index contributed by atoms with van der Waals surface area (Å²) in [5, 5.41) is 0. The summed E-state index contributed by atoms with van der Waals surface area (Å²) in [6.07, 6.45) is 2.28. The van der Waals surface area contributed by atoms with Crippen LogP contribution in [0.15, 0.2) is 30.3 Å². The van der Waals surface area contributed by atoms with Gasteiger partial charge in [-0.2, -0.15) is 0 Å². The molecular formula is C15H25N3. The Kier molecular flexibility index (Phi) is 4.61. The minimum atomic E-state index is 0.535. The Hall–Kier alpha value is -1.06. The van der Waals surface area contributed by atoms with Crippen LogP contribution >= 0.6 is 0 Å². The van der Waals surface area contributed by atoms with E-state index in [4.69, 9.17) is 5.73 Å². The van der Waals surface area contributed by atoms with Crippen molar-refractivity contribution >= 4 is 5.69 Å². The fraction of sp³-hybridized carbons (Fsp3) is 0.600. The maximum atomic E-state index is 5.79. The summed E-state index contributed by atoms with van der Waals surface area (Å²) >= 11 is 0. The normalized spacial score (nSPS) is 26.1. The molecule has 1 saturated heterocycles. The lowest BCUT2D eigenvalue weighted by Crippen LogP contribution is -2.42. The van der Waals surface area contributed by atoms with Gasteiger partial charge in [-0.05, 0) is 45.5 Å². The van der Waals surface area contributed by atoms with Crippen molar-refractivity contribution in [1.29, 1.82) is 0 Å². The second-order valence-electron chi connectivity index (χ2n) is 5.34. The predicted octanol–water partition coefficient (Wildman–Crippen LogP) is 1.93. The van der Waals surface area contributed by atoms with E-state index in [1.807, 2.05) is 0 Å². The largest absolute Gasteiger partial charge is 0.367 e. The molecule has 1 aromatic carbocycles. The second kappa shape index (κ2) is 6.21. The van der Waals surface area contributed by atoms with E-state index in [1.54, 1.807) is 0 Å². The lowest BCUT2D eigenvalue weighted by molar-refractivity contribution is 0.253. The van der Waals surface area contributed by atoms with Crippen molar-refractivity contribution in [3.05, 3.63) is 30.3 Å². The summed E-state index contributed by atoms with van der Waals surface area (Å²) in [6, 6.07) is 11.9. The quantitative estimate of drug-likeness (QED) is 0.886. The molecule has 100 valence electrons. The highest BCUT2D eigenvalue weighted by molar-refractivity contribution is 5.47. The molecule has 1 aromatic rings. The van der Waals surface area contributed by atoms with E-state index < -0.39 is 0 Å². The molecule has 0 bridgehead atoms. The van der Waals surface area contributed by atoms with Crippen LogP contribution in [0.5, 0.6) is 0 Å². The predicted molar refractivity (Wildman–Crippen MR) is 78.0 cm³/mol. The molecule has 2 atom stereocenters. The summed E-state index contributed by atoms with van der Waals surface area (Å²) in [7, 11) is 2.22. The number of para-hydroxylation sites is 1. The fourth-order valence-corrected chi connectivity index (χ4v) is 2.74. The van der Waals surface area contributed by atoms with Gasteiger partial charge in [0, 0.05) is 30.9 Å². The van der Waals surface area contributed by atoms with Crippen LogP contribution in [0.4, 0.5) is 5.69 Å². The molecule has 1 heterocycles. The van der Waals surface area contributed by atoms with Crippen molar-refractivity contribution in [2.75, 3.05) is 31.6 Å². The van der Waals surface area contributed by atoms with Gasteiger partial charge in [-0.25, -0.2) is 0 Å². The summed E-state index contributed by atoms with van der Waals surface area (Å²) in [5.74, 6) is 0. The molecule has 0 saturated carbocycles. The van der Waals surface area contributed by atoms with Gasteiger partial charge in [0.1, 0.15) is 0 Å². The van der Waals surface area contributed by atoms with Gasteiger partial charge in [0.25, 0.3) is 0 Å². The van der Waals surface area contributed by atoms with Crippen molar-refractivity contribution in [3.8, 4) is 0 Å². The summed E-state index contributed by atoms with van der Waals surface area (Å²) < 4.78 is 0. The van der Waals surface area contributed by atoms with Gasteiger partial charge >= 0.3 is 0 Å². The average molecular weight is 247 g/mol. The SMILES string of the molecule is CC1CCN(c2ccccc2)C(CCN)CN1C. The van der Waals surface area contributed by atoms with Crippen LogP contribution in [0.2, 0.25) is 0 Å². The molecule has 3 heteroatoms. The van der Waals surface area contributed by atoms with Crippen LogP contribution in [0.3, 0.4) is 0 Å². The molecule has 0 aromatic heterocycles. The van der Waals surface area contributed by atoms with Gasteiger partial charge in [0.15, 0.2) is 0 Å². The molecule has 0 spiro atoms. The number of hydrogen-bond acceptors (Lipinski definition) is 3. The average Bonchev–Trinajstić information content (AvgIpc) is 2.52. The van der Waals surface area contributed by atoms with Gasteiger partial charge in [0.05, 0.1) is 0 Å². The first-order chi connectivity index (χ1) is 8.72. The van der Waals surface area contributed by atoms with Gasteiger partial charge in [0.2, 0.25) is 0 Å². The van der Waals surface area contributed by atoms with Gasteiger partial charge in [-0.1, -0.05) is 18.2 Å². The van der Waals surface area contributed by atoms with Crippen LogP contribution in [-0.2, 0) is 0 Å². The van der Waals surface area contributed by atoms with Gasteiger partial charge in [-0.3, -0.25) is 0 Å². The first-order valence-corrected chi connectivity index (χ1v) is 6.94. The fourth-order valence-electron chi connectivity index (χ4n) is 2.74. The van der Waals surface area contributed by atoms with Gasteiger partial charge < -0.3 is 15.5 Å². The zero-order valence-electron chi connectivity index (χ0n) is 11.5. The van der Waals surface area contributed by atoms with Gasteiger partial charge in [-0.15, -0.1) is 0 Å². The minimum Gasteiger partial charge on any atom is -0.367 e. The van der Waals surface area contributed by atoms with Crippen LogP contribution < -0.4 is 10.6 Å². The second-order valence-corrected chi connectivity index (χ2v) is 5.34. The van der Waals surface area contributed by atoms with Crippen molar-refractivity contribution in [1.82, 2.24) is 4.90 Å². The summed E-state index contributed by atoms with van der Waals surface area (Å²) in [6.45, 7) is 5.30. The summed E-state index contributed by atoms with van der Waals surface area (Å²) in [4.78, 5) is 5.00. The number of hydrogen-bond donors (Lipinski definition) is 1. The number of likely N-dealkylation sites (N-methyl/N-ethyl adjacent to an activating group) is 1. The van der Waals surface area contributed by atoms with E-state index in [0.717, 1.165) is 26.1 Å². The molecule has 18 heavy (non-hydrogen) atoms. The molecule has 1 aliphatic heterocycles. The van der Waals surface area contributed by atoms with Crippen LogP contribution in [0, 0.1) is 0 Å². The highest BCUT2D eigenvalue weighted by atomic mass is 15.2. The van der Waals surface area contributed by atoms with Crippen molar-refractivity contribution in [2.45, 2.75) is 31.8 Å². The van der Waals surface area contributed by atoms with Crippen LogP contribution in [-0.4, -0.2) is 43.7 Å². The van der Waals surface area contributed by atoms with Crippen molar-refractivity contribution < 1.29 is 0 Å². The molecule has 0 aliphatic carbocycles. The number of rotatable bonds is 3. The Labute approximate surface area is 111 Å². The first kappa shape index (κ1) is 13.4. The van der Waals surface area contributed by atoms with E-state index in [9.17, 15) is 0 Å². The molecule has 2 rings (SSSR count). The Morgan fingerprint density at radius 3 is 2.67 bits per heavy atom. The third-order valence-corrected chi connectivity index (χ3v) is 4.07. The number of nitrogens with zero attached hydrogens (tertiary/aromatic N) is 2. The first-order valence-electron chi connectivity index (χ1n) is 6.94. The molecule has 2 N–H and O–H groups in total. The van der Waals surface area contributed by atoms with E-state index >= 15 is 0 Å². The molecular weight excluding hydrogens is 222 g/mol. The Balaban J connectivity index is 2.19. The lowest BCUT2D eigenvalue weighted by Gasteiger charge is -2.33. The molecule has 3 nitrogen and oxygen atoms in total. The zero-order chi connectivity index (χ0) is 13.0. The van der Waals surface area contributed by atoms with E-state index in [0.29, 0.717) is 12.1 Å². The molecule has 2 unspecified atom stereocenters. The monoisotopic (exact) mass is 247 g/mol. The van der Waals surface area contributed by atoms with Crippen LogP contribution in [0.25, 0.3) is 0 Å². The van der Waals surface area contributed by atoms with Crippen molar-refractivity contribution in [3.63, 3.8) is 0 Å². The molecule has 1 aliphatic rings. The Bertz CT molecular complexity index is 352. The number of nitrogens with two attached hydrogens (primary N) is 1. The lowest BCUT2D eigenvalue weighted by atomic mass is 10.1. The standard InChI is InChI=1S/C15H25N3/c1-13-9-11-18(14-6-4-3-5-7-14)15(8-10-16)12-17(13)2/h3-7,13,15H,8-12,16H2,1-2H3. The van der Waals surface area contributed by atoms with E-state index in [1.165, 1.54) is 12.1 Å².